The molecule has 0 bridgehead atoms. The number of hydrogen-bond donors (Lipinski definition) is 0. The summed E-state index contributed by atoms with van der Waals surface area (Å²) in [5.74, 6) is 0.738. The Labute approximate surface area is 389 Å². The molecule has 64 heavy (non-hydrogen) atoms. The SMILES string of the molecule is CCOCOc1c(B2OC(C)(C)C(C)(C)O2)cc(C(C)(C)CC(C)(C)C)cc1-c1c2ccc(C(C)(C)C)cc2c(-c2cc(C(C)(C)C)cc(C(C)(C)C)c2)c2cc(C(C)(C)C)ccc12. The highest BCUT2D eigenvalue weighted by molar-refractivity contribution is 6.63. The molecule has 1 heterocycles. The molecule has 1 fully saturated rings. The average Bonchev–Trinajstić information content (AvgIpc) is 3.36. The highest BCUT2D eigenvalue weighted by Crippen LogP contribution is 2.51. The first-order valence-electron chi connectivity index (χ1n) is 24.0. The largest absolute Gasteiger partial charge is 0.498 e. The molecule has 4 nitrogen and oxygen atoms in total. The zero-order valence-corrected chi connectivity index (χ0v) is 44.2. The summed E-state index contributed by atoms with van der Waals surface area (Å²) in [4.78, 5) is 0. The van der Waals surface area contributed by atoms with Crippen LogP contribution >= 0.6 is 0 Å². The van der Waals surface area contributed by atoms with Crippen LogP contribution in [0.15, 0.2) is 66.7 Å². The molecule has 1 aliphatic heterocycles. The third-order valence-electron chi connectivity index (χ3n) is 13.9. The van der Waals surface area contributed by atoms with Crippen LogP contribution in [0.5, 0.6) is 5.75 Å². The maximum atomic E-state index is 6.97. The molecule has 0 N–H and O–H groups in total. The van der Waals surface area contributed by atoms with Crippen LogP contribution in [0.3, 0.4) is 0 Å². The normalized spacial score (nSPS) is 16.3. The van der Waals surface area contributed by atoms with Crippen LogP contribution in [0.2, 0.25) is 0 Å². The predicted molar refractivity (Wildman–Crippen MR) is 277 cm³/mol. The number of benzene rings is 5. The quantitative estimate of drug-likeness (QED) is 0.0640. The zero-order chi connectivity index (χ0) is 48.0. The van der Waals surface area contributed by atoms with Gasteiger partial charge in [0, 0.05) is 23.2 Å². The summed E-state index contributed by atoms with van der Waals surface area (Å²) in [6.07, 6.45) is 0.978. The Kier molecular flexibility index (Phi) is 12.9. The van der Waals surface area contributed by atoms with Crippen LogP contribution in [0, 0.1) is 5.41 Å². The molecular weight excluding hydrogens is 783 g/mol. The molecule has 5 heteroatoms. The van der Waals surface area contributed by atoms with Crippen LogP contribution in [0.25, 0.3) is 43.8 Å². The van der Waals surface area contributed by atoms with Gasteiger partial charge >= 0.3 is 7.12 Å². The van der Waals surface area contributed by atoms with E-state index in [1.807, 2.05) is 6.92 Å². The molecule has 0 aromatic heterocycles. The Bertz CT molecular complexity index is 2410. The van der Waals surface area contributed by atoms with Crippen molar-refractivity contribution in [1.82, 2.24) is 0 Å². The van der Waals surface area contributed by atoms with Gasteiger partial charge in [0.2, 0.25) is 0 Å². The summed E-state index contributed by atoms with van der Waals surface area (Å²) < 4.78 is 26.9. The molecule has 346 valence electrons. The minimum absolute atomic E-state index is 0.0499. The van der Waals surface area contributed by atoms with Crippen molar-refractivity contribution in [3.63, 3.8) is 0 Å². The Hall–Kier alpha value is -3.64. The van der Waals surface area contributed by atoms with Gasteiger partial charge in [0.1, 0.15) is 5.75 Å². The van der Waals surface area contributed by atoms with Crippen molar-refractivity contribution in [2.45, 2.75) is 197 Å². The monoisotopic (exact) mass is 867 g/mol. The van der Waals surface area contributed by atoms with E-state index in [1.165, 1.54) is 60.5 Å². The summed E-state index contributed by atoms with van der Waals surface area (Å²) in [5.41, 5.74) is 10.6. The molecule has 0 radical (unpaired) electrons. The lowest BCUT2D eigenvalue weighted by Gasteiger charge is -2.34. The van der Waals surface area contributed by atoms with Gasteiger partial charge in [0.15, 0.2) is 6.79 Å². The van der Waals surface area contributed by atoms with Crippen molar-refractivity contribution in [3.05, 3.63) is 94.5 Å². The summed E-state index contributed by atoms with van der Waals surface area (Å²) in [7, 11) is -0.654. The van der Waals surface area contributed by atoms with Gasteiger partial charge in [-0.25, -0.2) is 0 Å². The van der Waals surface area contributed by atoms with E-state index in [-0.39, 0.29) is 39.3 Å². The lowest BCUT2D eigenvalue weighted by Crippen LogP contribution is -2.41. The van der Waals surface area contributed by atoms with E-state index in [0.29, 0.717) is 6.61 Å². The average molecular weight is 867 g/mol. The van der Waals surface area contributed by atoms with Crippen LogP contribution < -0.4 is 10.2 Å². The molecule has 6 rings (SSSR count). The van der Waals surface area contributed by atoms with Gasteiger partial charge in [0.05, 0.1) is 11.2 Å². The Morgan fingerprint density at radius 1 is 0.500 bits per heavy atom. The minimum Gasteiger partial charge on any atom is -0.467 e. The highest BCUT2D eigenvalue weighted by Gasteiger charge is 2.53. The van der Waals surface area contributed by atoms with Crippen LogP contribution in [-0.4, -0.2) is 31.7 Å². The molecule has 5 aromatic rings. The van der Waals surface area contributed by atoms with Crippen molar-refractivity contribution in [3.8, 4) is 28.0 Å². The summed E-state index contributed by atoms with van der Waals surface area (Å²) in [6, 6.07) is 26.5. The van der Waals surface area contributed by atoms with Crippen LogP contribution in [0.4, 0.5) is 0 Å². The van der Waals surface area contributed by atoms with E-state index in [4.69, 9.17) is 18.8 Å². The Balaban J connectivity index is 1.91. The summed E-state index contributed by atoms with van der Waals surface area (Å²) in [6.45, 7) is 50.9. The van der Waals surface area contributed by atoms with Gasteiger partial charge in [-0.05, 0) is 152 Å². The van der Waals surface area contributed by atoms with Crippen molar-refractivity contribution in [1.29, 1.82) is 0 Å². The molecular formula is C59H83BO4. The smallest absolute Gasteiger partial charge is 0.467 e. The first kappa shape index (κ1) is 49.8. The second kappa shape index (κ2) is 16.6. The molecule has 0 amide bonds. The molecule has 5 aromatic carbocycles. The van der Waals surface area contributed by atoms with Crippen LogP contribution in [-0.2, 0) is 41.1 Å². The van der Waals surface area contributed by atoms with Crippen molar-refractivity contribution < 1.29 is 18.8 Å². The topological polar surface area (TPSA) is 36.9 Å². The van der Waals surface area contributed by atoms with E-state index in [2.05, 4.69) is 212 Å². The third-order valence-corrected chi connectivity index (χ3v) is 13.9. The fourth-order valence-corrected chi connectivity index (χ4v) is 9.55. The molecule has 0 unspecified atom stereocenters. The van der Waals surface area contributed by atoms with Crippen LogP contribution in [0.1, 0.15) is 187 Å². The number of fused-ring (bicyclic) bond motifs is 2. The van der Waals surface area contributed by atoms with Crippen molar-refractivity contribution in [2.75, 3.05) is 13.4 Å². The van der Waals surface area contributed by atoms with Gasteiger partial charge in [-0.2, -0.15) is 0 Å². The second-order valence-electron chi connectivity index (χ2n) is 26.0. The van der Waals surface area contributed by atoms with E-state index in [9.17, 15) is 0 Å². The first-order chi connectivity index (χ1) is 29.1. The minimum atomic E-state index is -0.654. The fourth-order valence-electron chi connectivity index (χ4n) is 9.55. The standard InChI is InChI=1S/C59H83BO4/c1-23-61-36-62-51-47(33-42(57(17,18)35-52(2,3)4)34-48(51)60-63-58(19,20)59(21,22)64-60)50-43-26-24-38(53(5,6)7)31-45(43)49(46-32-39(54(8,9)10)25-27-44(46)50)37-28-40(55(11,12)13)30-41(29-37)56(14,15)16/h24-34H,23,35-36H2,1-22H3. The molecule has 0 spiro atoms. The van der Waals surface area contributed by atoms with E-state index < -0.39 is 18.3 Å². The Morgan fingerprint density at radius 2 is 0.953 bits per heavy atom. The number of rotatable bonds is 9. The van der Waals surface area contributed by atoms with Crippen molar-refractivity contribution in [2.24, 2.45) is 5.41 Å². The molecule has 0 saturated carbocycles. The molecule has 0 atom stereocenters. The van der Waals surface area contributed by atoms with Gasteiger partial charge in [0.25, 0.3) is 0 Å². The summed E-state index contributed by atoms with van der Waals surface area (Å²) >= 11 is 0. The van der Waals surface area contributed by atoms with Gasteiger partial charge in [-0.1, -0.05) is 166 Å². The first-order valence-corrected chi connectivity index (χ1v) is 24.0. The summed E-state index contributed by atoms with van der Waals surface area (Å²) in [5, 5.41) is 4.84. The molecule has 1 saturated heterocycles. The predicted octanol–water partition coefficient (Wildman–Crippen LogP) is 15.9. The number of ether oxygens (including phenoxy) is 2. The van der Waals surface area contributed by atoms with E-state index in [1.54, 1.807) is 0 Å². The van der Waals surface area contributed by atoms with Gasteiger partial charge in [-0.3, -0.25) is 0 Å². The van der Waals surface area contributed by atoms with Gasteiger partial charge < -0.3 is 18.8 Å². The highest BCUT2D eigenvalue weighted by atomic mass is 16.7. The third kappa shape index (κ3) is 10.0. The number of hydrogen-bond acceptors (Lipinski definition) is 4. The second-order valence-corrected chi connectivity index (χ2v) is 26.0. The van der Waals surface area contributed by atoms with Gasteiger partial charge in [-0.15, -0.1) is 0 Å². The Morgan fingerprint density at radius 3 is 1.36 bits per heavy atom. The van der Waals surface area contributed by atoms with Crippen molar-refractivity contribution >= 4 is 34.1 Å². The zero-order valence-electron chi connectivity index (χ0n) is 44.2. The maximum absolute atomic E-state index is 6.97. The van der Waals surface area contributed by atoms with E-state index >= 15 is 0 Å². The molecule has 1 aliphatic rings. The van der Waals surface area contributed by atoms with E-state index in [0.717, 1.165) is 28.8 Å². The lowest BCUT2D eigenvalue weighted by molar-refractivity contribution is 0.00578. The maximum Gasteiger partial charge on any atom is 0.498 e. The lowest BCUT2D eigenvalue weighted by atomic mass is 9.68. The molecule has 0 aliphatic carbocycles. The fraction of sp³-hybridized carbons (Fsp3) is 0.559.